The lowest BCUT2D eigenvalue weighted by atomic mass is 10.1. The maximum absolute atomic E-state index is 9.08. The molecule has 0 fully saturated rings. The summed E-state index contributed by atoms with van der Waals surface area (Å²) in [5, 5.41) is 16.5. The third-order valence-corrected chi connectivity index (χ3v) is 3.12. The third-order valence-electron chi connectivity index (χ3n) is 3.12. The molecule has 5 nitrogen and oxygen atoms in total. The van der Waals surface area contributed by atoms with Gasteiger partial charge in [0.05, 0.1) is 11.3 Å². The van der Waals surface area contributed by atoms with Crippen LogP contribution in [-0.4, -0.2) is 14.8 Å². The molecule has 0 aliphatic carbocycles. The zero-order valence-electron chi connectivity index (χ0n) is 11.3. The van der Waals surface area contributed by atoms with Crippen LogP contribution in [0.4, 0.5) is 5.82 Å². The van der Waals surface area contributed by atoms with E-state index in [-0.39, 0.29) is 0 Å². The molecule has 0 unspecified atom stereocenters. The maximum Gasteiger partial charge on any atom is 0.144 e. The van der Waals surface area contributed by atoms with E-state index in [0.717, 1.165) is 11.3 Å². The number of hydrogen-bond acceptors (Lipinski definition) is 4. The van der Waals surface area contributed by atoms with Crippen LogP contribution in [0, 0.1) is 11.3 Å². The van der Waals surface area contributed by atoms with Crippen molar-refractivity contribution in [1.82, 2.24) is 14.8 Å². The van der Waals surface area contributed by atoms with Crippen LogP contribution in [0.1, 0.15) is 11.1 Å². The van der Waals surface area contributed by atoms with Crippen molar-refractivity contribution >= 4 is 5.82 Å². The number of nitrogens with zero attached hydrogens (tertiary/aromatic N) is 4. The lowest BCUT2D eigenvalue weighted by Gasteiger charge is -2.11. The number of pyridine rings is 1. The Labute approximate surface area is 122 Å². The fourth-order valence-electron chi connectivity index (χ4n) is 2.11. The first-order chi connectivity index (χ1) is 10.4. The minimum Gasteiger partial charge on any atom is -0.365 e. The molecule has 0 atom stereocenters. The van der Waals surface area contributed by atoms with Crippen LogP contribution < -0.4 is 5.32 Å². The van der Waals surface area contributed by atoms with E-state index in [1.807, 2.05) is 41.2 Å². The van der Waals surface area contributed by atoms with Gasteiger partial charge in [0.25, 0.3) is 0 Å². The number of para-hydroxylation sites is 1. The highest BCUT2D eigenvalue weighted by atomic mass is 15.3. The van der Waals surface area contributed by atoms with Gasteiger partial charge in [-0.25, -0.2) is 9.67 Å². The van der Waals surface area contributed by atoms with Crippen LogP contribution in [0.5, 0.6) is 0 Å². The molecular weight excluding hydrogens is 262 g/mol. The van der Waals surface area contributed by atoms with Crippen LogP contribution >= 0.6 is 0 Å². The number of nitrogens with one attached hydrogen (secondary N) is 1. The molecule has 21 heavy (non-hydrogen) atoms. The Kier molecular flexibility index (Phi) is 3.61. The summed E-state index contributed by atoms with van der Waals surface area (Å²) in [5.41, 5.74) is 2.62. The summed E-state index contributed by atoms with van der Waals surface area (Å²) in [7, 11) is 0. The van der Waals surface area contributed by atoms with Gasteiger partial charge < -0.3 is 5.32 Å². The summed E-state index contributed by atoms with van der Waals surface area (Å²) in [6.45, 7) is 0.571. The van der Waals surface area contributed by atoms with Crippen molar-refractivity contribution in [2.24, 2.45) is 0 Å². The third kappa shape index (κ3) is 2.74. The van der Waals surface area contributed by atoms with Crippen molar-refractivity contribution in [3.05, 3.63) is 72.2 Å². The summed E-state index contributed by atoms with van der Waals surface area (Å²) in [6.07, 6.45) is 5.32. The average molecular weight is 275 g/mol. The fourth-order valence-corrected chi connectivity index (χ4v) is 2.11. The van der Waals surface area contributed by atoms with Gasteiger partial charge in [0.1, 0.15) is 11.9 Å². The van der Waals surface area contributed by atoms with Crippen LogP contribution in [0.25, 0.3) is 5.69 Å². The van der Waals surface area contributed by atoms with Crippen LogP contribution in [0.15, 0.2) is 61.1 Å². The van der Waals surface area contributed by atoms with E-state index in [2.05, 4.69) is 21.5 Å². The Morgan fingerprint density at radius 1 is 1.10 bits per heavy atom. The molecule has 3 aromatic rings. The van der Waals surface area contributed by atoms with E-state index in [9.17, 15) is 0 Å². The first kappa shape index (κ1) is 12.9. The van der Waals surface area contributed by atoms with Crippen molar-refractivity contribution in [3.63, 3.8) is 0 Å². The zero-order chi connectivity index (χ0) is 14.5. The van der Waals surface area contributed by atoms with Gasteiger partial charge in [0.15, 0.2) is 0 Å². The predicted molar refractivity (Wildman–Crippen MR) is 79.8 cm³/mol. The predicted octanol–water partition coefficient (Wildman–Crippen LogP) is 2.75. The SMILES string of the molecule is N#Cc1cccnc1NCc1ccccc1-n1cccn1. The van der Waals surface area contributed by atoms with Crippen LogP contribution in [0.3, 0.4) is 0 Å². The number of aromatic nitrogens is 3. The topological polar surface area (TPSA) is 66.5 Å². The summed E-state index contributed by atoms with van der Waals surface area (Å²) < 4.78 is 1.82. The van der Waals surface area contributed by atoms with E-state index in [1.165, 1.54) is 0 Å². The average Bonchev–Trinajstić information content (AvgIpc) is 3.08. The van der Waals surface area contributed by atoms with Gasteiger partial charge >= 0.3 is 0 Å². The number of hydrogen-bond donors (Lipinski definition) is 1. The molecule has 2 heterocycles. The maximum atomic E-state index is 9.08. The van der Waals surface area contributed by atoms with Gasteiger partial charge in [-0.2, -0.15) is 10.4 Å². The molecule has 1 N–H and O–H groups in total. The monoisotopic (exact) mass is 275 g/mol. The van der Waals surface area contributed by atoms with Gasteiger partial charge in [-0.1, -0.05) is 18.2 Å². The molecule has 0 aliphatic heterocycles. The molecule has 102 valence electrons. The standard InChI is InChI=1S/C16H13N5/c17-11-13-6-3-8-18-16(13)19-12-14-5-1-2-7-15(14)21-10-4-9-20-21/h1-10H,12H2,(H,18,19). The highest BCUT2D eigenvalue weighted by molar-refractivity contribution is 5.52. The van der Waals surface area contributed by atoms with Crippen molar-refractivity contribution in [2.45, 2.75) is 6.54 Å². The van der Waals surface area contributed by atoms with Crippen molar-refractivity contribution < 1.29 is 0 Å². The number of rotatable bonds is 4. The Hall–Kier alpha value is -3.13. The zero-order valence-corrected chi connectivity index (χ0v) is 11.3. The molecule has 0 amide bonds. The minimum atomic E-state index is 0.536. The lowest BCUT2D eigenvalue weighted by molar-refractivity contribution is 0.863. The molecule has 3 rings (SSSR count). The Morgan fingerprint density at radius 3 is 2.81 bits per heavy atom. The van der Waals surface area contributed by atoms with Crippen LogP contribution in [0.2, 0.25) is 0 Å². The largest absolute Gasteiger partial charge is 0.365 e. The van der Waals surface area contributed by atoms with E-state index in [1.54, 1.807) is 24.5 Å². The first-order valence-corrected chi connectivity index (χ1v) is 6.55. The Bertz CT molecular complexity index is 771. The Morgan fingerprint density at radius 2 is 2.00 bits per heavy atom. The second-order valence-electron chi connectivity index (χ2n) is 4.44. The van der Waals surface area contributed by atoms with Crippen LogP contribution in [-0.2, 0) is 6.54 Å². The van der Waals surface area contributed by atoms with Crippen molar-refractivity contribution in [3.8, 4) is 11.8 Å². The van der Waals surface area contributed by atoms with Gasteiger partial charge in [0.2, 0.25) is 0 Å². The summed E-state index contributed by atoms with van der Waals surface area (Å²) in [5.74, 6) is 0.593. The summed E-state index contributed by atoms with van der Waals surface area (Å²) in [6, 6.07) is 15.5. The second kappa shape index (κ2) is 5.88. The van der Waals surface area contributed by atoms with Gasteiger partial charge in [-0.15, -0.1) is 0 Å². The normalized spacial score (nSPS) is 10.0. The van der Waals surface area contributed by atoms with Crippen molar-refractivity contribution in [1.29, 1.82) is 5.26 Å². The molecule has 0 saturated heterocycles. The summed E-state index contributed by atoms with van der Waals surface area (Å²) >= 11 is 0. The smallest absolute Gasteiger partial charge is 0.144 e. The van der Waals surface area contributed by atoms with Crippen molar-refractivity contribution in [2.75, 3.05) is 5.32 Å². The molecule has 1 aromatic carbocycles. The highest BCUT2D eigenvalue weighted by Crippen LogP contribution is 2.16. The van der Waals surface area contributed by atoms with E-state index in [4.69, 9.17) is 5.26 Å². The first-order valence-electron chi connectivity index (χ1n) is 6.55. The highest BCUT2D eigenvalue weighted by Gasteiger charge is 2.06. The molecule has 0 spiro atoms. The van der Waals surface area contributed by atoms with E-state index in [0.29, 0.717) is 17.9 Å². The molecule has 0 bridgehead atoms. The molecule has 0 aliphatic rings. The van der Waals surface area contributed by atoms with Gasteiger partial charge in [0, 0.05) is 25.1 Å². The van der Waals surface area contributed by atoms with Gasteiger partial charge in [-0.05, 0) is 29.8 Å². The number of anilines is 1. The summed E-state index contributed by atoms with van der Waals surface area (Å²) in [4.78, 5) is 4.20. The minimum absolute atomic E-state index is 0.536. The van der Waals surface area contributed by atoms with E-state index >= 15 is 0 Å². The number of nitriles is 1. The van der Waals surface area contributed by atoms with Gasteiger partial charge in [-0.3, -0.25) is 0 Å². The molecule has 5 heteroatoms. The fraction of sp³-hybridized carbons (Fsp3) is 0.0625. The molecule has 2 aromatic heterocycles. The Balaban J connectivity index is 1.85. The second-order valence-corrected chi connectivity index (χ2v) is 4.44. The molecule has 0 saturated carbocycles. The lowest BCUT2D eigenvalue weighted by Crippen LogP contribution is -2.07. The molecule has 0 radical (unpaired) electrons. The molecular formula is C16H13N5. The number of benzene rings is 1. The van der Waals surface area contributed by atoms with E-state index < -0.39 is 0 Å². The quantitative estimate of drug-likeness (QED) is 0.795.